The number of likely N-dealkylation sites (N-methyl/N-ethyl adjacent to an activating group) is 1. The Kier molecular flexibility index (Phi) is 3.60. The number of hydrogen-bond acceptors (Lipinski definition) is 2. The lowest BCUT2D eigenvalue weighted by atomic mass is 9.71. The van der Waals surface area contributed by atoms with Crippen molar-refractivity contribution in [1.82, 2.24) is 4.90 Å². The number of benzene rings is 1. The molecule has 2 rings (SSSR count). The minimum absolute atomic E-state index is 0.328. The average Bonchev–Trinajstić information content (AvgIpc) is 2.42. The fourth-order valence-electron chi connectivity index (χ4n) is 3.10. The smallest absolute Gasteiger partial charge is 0.334 e. The molecule has 0 saturated heterocycles. The molecule has 2 atom stereocenters. The van der Waals surface area contributed by atoms with Gasteiger partial charge in [-0.1, -0.05) is 31.2 Å². The molecule has 102 valence electrons. The van der Waals surface area contributed by atoms with Gasteiger partial charge in [-0.2, -0.15) is 0 Å². The maximum atomic E-state index is 11.9. The third kappa shape index (κ3) is 1.91. The molecule has 4 nitrogen and oxygen atoms in total. The van der Waals surface area contributed by atoms with Crippen LogP contribution in [0.15, 0.2) is 24.3 Å². The summed E-state index contributed by atoms with van der Waals surface area (Å²) in [5.41, 5.74) is 0.589. The first-order chi connectivity index (χ1) is 9.07. The van der Waals surface area contributed by atoms with Crippen molar-refractivity contribution in [3.05, 3.63) is 35.4 Å². The second kappa shape index (κ2) is 5.03. The fraction of sp³-hybridized carbons (Fsp3) is 0.467. The number of aliphatic carboxylic acids is 1. The van der Waals surface area contributed by atoms with Gasteiger partial charge in [0.1, 0.15) is 0 Å². The van der Waals surface area contributed by atoms with Crippen LogP contribution in [0.2, 0.25) is 0 Å². The van der Waals surface area contributed by atoms with Crippen LogP contribution in [0.4, 0.5) is 0 Å². The summed E-state index contributed by atoms with van der Waals surface area (Å²) in [5.74, 6) is -0.616. The van der Waals surface area contributed by atoms with E-state index in [1.807, 2.05) is 24.3 Å². The summed E-state index contributed by atoms with van der Waals surface area (Å²) in [6.45, 7) is 4.29. The number of amides is 1. The minimum Gasteiger partial charge on any atom is -0.479 e. The highest BCUT2D eigenvalue weighted by molar-refractivity contribution is 5.84. The topological polar surface area (TPSA) is 57.6 Å². The maximum absolute atomic E-state index is 11.9. The summed E-state index contributed by atoms with van der Waals surface area (Å²) in [5, 5.41) is 9.75. The third-order valence-corrected chi connectivity index (χ3v) is 4.19. The molecule has 0 radical (unpaired) electrons. The van der Waals surface area contributed by atoms with Gasteiger partial charge in [0.05, 0.1) is 0 Å². The molecule has 0 bridgehead atoms. The van der Waals surface area contributed by atoms with Crippen LogP contribution in [0.5, 0.6) is 0 Å². The molecular weight excluding hydrogens is 242 g/mol. The number of fused-ring (bicyclic) bond motifs is 1. The van der Waals surface area contributed by atoms with Crippen LogP contribution >= 0.6 is 0 Å². The zero-order valence-electron chi connectivity index (χ0n) is 11.3. The zero-order valence-corrected chi connectivity index (χ0v) is 11.3. The van der Waals surface area contributed by atoms with Crippen molar-refractivity contribution in [1.29, 1.82) is 0 Å². The Bertz CT molecular complexity index is 500. The molecule has 0 saturated carbocycles. The van der Waals surface area contributed by atoms with Gasteiger partial charge >= 0.3 is 5.97 Å². The summed E-state index contributed by atoms with van der Waals surface area (Å²) in [6, 6.07) is 7.57. The molecule has 1 N–H and O–H groups in total. The lowest BCUT2D eigenvalue weighted by Gasteiger charge is -2.43. The quantitative estimate of drug-likeness (QED) is 0.846. The Balaban J connectivity index is 2.66. The molecule has 0 aliphatic heterocycles. The monoisotopic (exact) mass is 261 g/mol. The normalized spacial score (nSPS) is 25.5. The number of carboxylic acids is 1. The summed E-state index contributed by atoms with van der Waals surface area (Å²) >= 11 is 0. The van der Waals surface area contributed by atoms with E-state index < -0.39 is 11.5 Å². The first-order valence-electron chi connectivity index (χ1n) is 6.62. The summed E-state index contributed by atoms with van der Waals surface area (Å²) in [7, 11) is 0. The van der Waals surface area contributed by atoms with E-state index in [0.29, 0.717) is 25.3 Å². The van der Waals surface area contributed by atoms with E-state index in [0.717, 1.165) is 17.5 Å². The van der Waals surface area contributed by atoms with Gasteiger partial charge in [0.15, 0.2) is 5.54 Å². The predicted molar refractivity (Wildman–Crippen MR) is 71.8 cm³/mol. The molecule has 1 amide bonds. The van der Waals surface area contributed by atoms with E-state index in [2.05, 4.69) is 6.92 Å². The number of carbonyl (C=O) groups is 2. The molecule has 0 heterocycles. The lowest BCUT2D eigenvalue weighted by molar-refractivity contribution is -0.157. The number of rotatable bonds is 4. The van der Waals surface area contributed by atoms with E-state index in [-0.39, 0.29) is 0 Å². The van der Waals surface area contributed by atoms with E-state index >= 15 is 0 Å². The molecule has 19 heavy (non-hydrogen) atoms. The van der Waals surface area contributed by atoms with E-state index in [9.17, 15) is 14.7 Å². The van der Waals surface area contributed by atoms with Gasteiger partial charge in [-0.15, -0.1) is 0 Å². The molecule has 1 aromatic carbocycles. The standard InChI is InChI=1S/C15H19NO3/c1-3-16(10-17)15(14(18)19)9-8-11(2)12-6-4-5-7-13(12)15/h4-7,10-11H,3,8-9H2,1-2H3,(H,18,19). The highest BCUT2D eigenvalue weighted by Crippen LogP contribution is 2.44. The van der Waals surface area contributed by atoms with Crippen molar-refractivity contribution in [2.45, 2.75) is 38.1 Å². The first kappa shape index (κ1) is 13.6. The van der Waals surface area contributed by atoms with Crippen molar-refractivity contribution < 1.29 is 14.7 Å². The largest absolute Gasteiger partial charge is 0.479 e. The van der Waals surface area contributed by atoms with Gasteiger partial charge in [-0.3, -0.25) is 4.79 Å². The molecule has 0 spiro atoms. The molecule has 4 heteroatoms. The van der Waals surface area contributed by atoms with Crippen LogP contribution in [-0.4, -0.2) is 28.9 Å². The fourth-order valence-corrected chi connectivity index (χ4v) is 3.10. The first-order valence-corrected chi connectivity index (χ1v) is 6.62. The van der Waals surface area contributed by atoms with Gasteiger partial charge in [-0.05, 0) is 36.8 Å². The van der Waals surface area contributed by atoms with Crippen molar-refractivity contribution >= 4 is 12.4 Å². The minimum atomic E-state index is -1.21. The summed E-state index contributed by atoms with van der Waals surface area (Å²) in [4.78, 5) is 24.6. The molecule has 1 aromatic rings. The van der Waals surface area contributed by atoms with Gasteiger partial charge in [0, 0.05) is 6.54 Å². The highest BCUT2D eigenvalue weighted by atomic mass is 16.4. The number of nitrogens with zero attached hydrogens (tertiary/aromatic N) is 1. The lowest BCUT2D eigenvalue weighted by Crippen LogP contribution is -2.53. The third-order valence-electron chi connectivity index (χ3n) is 4.19. The van der Waals surface area contributed by atoms with Crippen LogP contribution in [-0.2, 0) is 15.1 Å². The van der Waals surface area contributed by atoms with Gasteiger partial charge in [-0.25, -0.2) is 4.79 Å². The summed E-state index contributed by atoms with van der Waals surface area (Å²) in [6.07, 6.45) is 1.89. The maximum Gasteiger partial charge on any atom is 0.334 e. The van der Waals surface area contributed by atoms with Gasteiger partial charge in [0.25, 0.3) is 0 Å². The molecule has 0 fully saturated rings. The second-order valence-electron chi connectivity index (χ2n) is 5.08. The Morgan fingerprint density at radius 3 is 2.79 bits per heavy atom. The molecule has 1 aliphatic carbocycles. The van der Waals surface area contributed by atoms with E-state index in [1.165, 1.54) is 4.90 Å². The van der Waals surface area contributed by atoms with Crippen LogP contribution < -0.4 is 0 Å². The van der Waals surface area contributed by atoms with Crippen molar-refractivity contribution in [3.63, 3.8) is 0 Å². The highest BCUT2D eigenvalue weighted by Gasteiger charge is 2.48. The van der Waals surface area contributed by atoms with Crippen LogP contribution in [0.3, 0.4) is 0 Å². The number of carboxylic acid groups (broad SMARTS) is 1. The zero-order chi connectivity index (χ0) is 14.0. The van der Waals surface area contributed by atoms with Gasteiger partial charge < -0.3 is 10.0 Å². The van der Waals surface area contributed by atoms with Crippen molar-refractivity contribution in [2.75, 3.05) is 6.54 Å². The van der Waals surface area contributed by atoms with Gasteiger partial charge in [0.2, 0.25) is 6.41 Å². The van der Waals surface area contributed by atoms with Crippen molar-refractivity contribution in [2.24, 2.45) is 0 Å². The van der Waals surface area contributed by atoms with Crippen molar-refractivity contribution in [3.8, 4) is 0 Å². The van der Waals surface area contributed by atoms with Crippen LogP contribution in [0, 0.1) is 0 Å². The Morgan fingerprint density at radius 1 is 1.53 bits per heavy atom. The number of carbonyl (C=O) groups excluding carboxylic acids is 1. The molecule has 2 unspecified atom stereocenters. The van der Waals surface area contributed by atoms with Crippen LogP contribution in [0.25, 0.3) is 0 Å². The van der Waals surface area contributed by atoms with Crippen LogP contribution in [0.1, 0.15) is 43.7 Å². The Hall–Kier alpha value is -1.84. The molecular formula is C15H19NO3. The van der Waals surface area contributed by atoms with E-state index in [1.54, 1.807) is 6.92 Å². The predicted octanol–water partition coefficient (Wildman–Crippen LogP) is 2.34. The average molecular weight is 261 g/mol. The Morgan fingerprint density at radius 2 is 2.21 bits per heavy atom. The Labute approximate surface area is 113 Å². The SMILES string of the molecule is CCN(C=O)C1(C(=O)O)CCC(C)c2ccccc21. The second-order valence-corrected chi connectivity index (χ2v) is 5.08. The molecule has 0 aromatic heterocycles. The number of hydrogen-bond donors (Lipinski definition) is 1. The van der Waals surface area contributed by atoms with E-state index in [4.69, 9.17) is 0 Å². The summed E-state index contributed by atoms with van der Waals surface area (Å²) < 4.78 is 0. The molecule has 1 aliphatic rings.